The predicted octanol–water partition coefficient (Wildman–Crippen LogP) is 4.46. The van der Waals surface area contributed by atoms with Gasteiger partial charge in [-0.3, -0.25) is 0 Å². The number of hydrogen-bond donors (Lipinski definition) is 1. The summed E-state index contributed by atoms with van der Waals surface area (Å²) in [5, 5.41) is 0. The number of aryl methyl sites for hydroxylation is 2. The number of ether oxygens (including phenoxy) is 1. The largest absolute Gasteiger partial charge is 0.438 e. The third kappa shape index (κ3) is 3.42. The van der Waals surface area contributed by atoms with Crippen LogP contribution in [0.1, 0.15) is 48.6 Å². The van der Waals surface area contributed by atoms with Gasteiger partial charge in [0.15, 0.2) is 0 Å². The van der Waals surface area contributed by atoms with Crippen molar-refractivity contribution in [3.63, 3.8) is 0 Å². The highest BCUT2D eigenvalue weighted by Gasteiger charge is 2.14. The molecule has 21 heavy (non-hydrogen) atoms. The van der Waals surface area contributed by atoms with Gasteiger partial charge in [-0.15, -0.1) is 0 Å². The zero-order valence-corrected chi connectivity index (χ0v) is 13.3. The Labute approximate surface area is 127 Å². The van der Waals surface area contributed by atoms with Gasteiger partial charge in [-0.2, -0.15) is 0 Å². The van der Waals surface area contributed by atoms with Crippen LogP contribution in [0, 0.1) is 13.8 Å². The second kappa shape index (κ2) is 6.72. The molecule has 1 aromatic carbocycles. The highest BCUT2D eigenvalue weighted by Crippen LogP contribution is 2.33. The maximum Gasteiger partial charge on any atom is 0.224 e. The van der Waals surface area contributed by atoms with Crippen molar-refractivity contribution < 1.29 is 4.74 Å². The van der Waals surface area contributed by atoms with Crippen LogP contribution in [-0.2, 0) is 6.54 Å². The number of benzene rings is 1. The third-order valence-corrected chi connectivity index (χ3v) is 3.91. The summed E-state index contributed by atoms with van der Waals surface area (Å²) in [7, 11) is 0. The van der Waals surface area contributed by atoms with Gasteiger partial charge in [-0.05, 0) is 49.4 Å². The first-order valence-electron chi connectivity index (χ1n) is 7.50. The van der Waals surface area contributed by atoms with E-state index in [1.54, 1.807) is 0 Å². The fourth-order valence-electron chi connectivity index (χ4n) is 2.47. The average molecular weight is 284 g/mol. The van der Waals surface area contributed by atoms with Gasteiger partial charge in [0.25, 0.3) is 0 Å². The van der Waals surface area contributed by atoms with Gasteiger partial charge in [0.1, 0.15) is 5.75 Å². The topological polar surface area (TPSA) is 48.1 Å². The standard InChI is InChI=1S/C18H24N2O/c1-5-12(2)15-8-6-7-9-17(15)21-18-16(11-19)13(3)10-14(4)20-18/h6-10,12H,5,11,19H2,1-4H3. The van der Waals surface area contributed by atoms with Gasteiger partial charge in [-0.25, -0.2) is 4.98 Å². The van der Waals surface area contributed by atoms with Gasteiger partial charge in [0.05, 0.1) is 0 Å². The van der Waals surface area contributed by atoms with Gasteiger partial charge >= 0.3 is 0 Å². The molecule has 0 radical (unpaired) electrons. The Kier molecular flexibility index (Phi) is 4.97. The first-order valence-corrected chi connectivity index (χ1v) is 7.50. The molecule has 0 amide bonds. The summed E-state index contributed by atoms with van der Waals surface area (Å²) in [5.41, 5.74) is 10.1. The molecule has 0 spiro atoms. The van der Waals surface area contributed by atoms with Crippen LogP contribution in [-0.4, -0.2) is 4.98 Å². The molecule has 2 aromatic rings. The van der Waals surface area contributed by atoms with Gasteiger partial charge in [-0.1, -0.05) is 32.0 Å². The molecule has 1 atom stereocenters. The van der Waals surface area contributed by atoms with E-state index in [2.05, 4.69) is 24.9 Å². The zero-order valence-electron chi connectivity index (χ0n) is 13.3. The van der Waals surface area contributed by atoms with Crippen molar-refractivity contribution in [3.8, 4) is 11.6 Å². The Morgan fingerprint density at radius 1 is 1.24 bits per heavy atom. The summed E-state index contributed by atoms with van der Waals surface area (Å²) in [6, 6.07) is 10.2. The SMILES string of the molecule is CCC(C)c1ccccc1Oc1nc(C)cc(C)c1CN. The van der Waals surface area contributed by atoms with E-state index in [-0.39, 0.29) is 0 Å². The smallest absolute Gasteiger partial charge is 0.224 e. The summed E-state index contributed by atoms with van der Waals surface area (Å²) in [4.78, 5) is 4.52. The second-order valence-corrected chi connectivity index (χ2v) is 5.52. The van der Waals surface area contributed by atoms with Crippen molar-refractivity contribution in [2.75, 3.05) is 0 Å². The summed E-state index contributed by atoms with van der Waals surface area (Å²) in [6.45, 7) is 8.84. The van der Waals surface area contributed by atoms with E-state index in [1.165, 1.54) is 5.56 Å². The molecule has 3 nitrogen and oxygen atoms in total. The minimum Gasteiger partial charge on any atom is -0.438 e. The number of aromatic nitrogens is 1. The zero-order chi connectivity index (χ0) is 15.4. The molecular weight excluding hydrogens is 260 g/mol. The molecule has 0 aliphatic carbocycles. The number of rotatable bonds is 5. The predicted molar refractivity (Wildman–Crippen MR) is 86.8 cm³/mol. The monoisotopic (exact) mass is 284 g/mol. The maximum absolute atomic E-state index is 6.13. The summed E-state index contributed by atoms with van der Waals surface area (Å²) in [5.74, 6) is 1.96. The van der Waals surface area contributed by atoms with Crippen LogP contribution >= 0.6 is 0 Å². The summed E-state index contributed by atoms with van der Waals surface area (Å²) < 4.78 is 6.13. The lowest BCUT2D eigenvalue weighted by molar-refractivity contribution is 0.444. The molecule has 0 aliphatic rings. The van der Waals surface area contributed by atoms with Crippen LogP contribution in [0.3, 0.4) is 0 Å². The molecule has 0 saturated carbocycles. The lowest BCUT2D eigenvalue weighted by Gasteiger charge is -2.17. The Morgan fingerprint density at radius 3 is 2.62 bits per heavy atom. The molecule has 3 heteroatoms. The fraction of sp³-hybridized carbons (Fsp3) is 0.389. The molecular formula is C18H24N2O. The molecule has 0 saturated heterocycles. The van der Waals surface area contributed by atoms with Crippen LogP contribution in [0.4, 0.5) is 0 Å². The van der Waals surface area contributed by atoms with E-state index < -0.39 is 0 Å². The molecule has 0 bridgehead atoms. The second-order valence-electron chi connectivity index (χ2n) is 5.52. The van der Waals surface area contributed by atoms with E-state index in [4.69, 9.17) is 10.5 Å². The fourth-order valence-corrected chi connectivity index (χ4v) is 2.47. The summed E-state index contributed by atoms with van der Waals surface area (Å²) in [6.07, 6.45) is 1.07. The number of hydrogen-bond acceptors (Lipinski definition) is 3. The molecule has 1 unspecified atom stereocenters. The molecule has 1 aromatic heterocycles. The van der Waals surface area contributed by atoms with Crippen molar-refractivity contribution in [1.82, 2.24) is 4.98 Å². The van der Waals surface area contributed by atoms with Crippen LogP contribution in [0.25, 0.3) is 0 Å². The Bertz CT molecular complexity index is 623. The number of nitrogens with two attached hydrogens (primary N) is 1. The molecule has 2 N–H and O–H groups in total. The van der Waals surface area contributed by atoms with Gasteiger partial charge < -0.3 is 10.5 Å². The van der Waals surface area contributed by atoms with E-state index in [1.807, 2.05) is 38.1 Å². The normalized spacial score (nSPS) is 12.2. The van der Waals surface area contributed by atoms with Gasteiger partial charge in [0.2, 0.25) is 5.88 Å². The van der Waals surface area contributed by atoms with Crippen molar-refractivity contribution >= 4 is 0 Å². The van der Waals surface area contributed by atoms with Crippen molar-refractivity contribution in [3.05, 3.63) is 52.7 Å². The Morgan fingerprint density at radius 2 is 1.95 bits per heavy atom. The van der Waals surface area contributed by atoms with Crippen LogP contribution < -0.4 is 10.5 Å². The lowest BCUT2D eigenvalue weighted by atomic mass is 9.98. The quantitative estimate of drug-likeness (QED) is 0.881. The molecule has 2 rings (SSSR count). The van der Waals surface area contributed by atoms with E-state index in [0.29, 0.717) is 18.3 Å². The Balaban J connectivity index is 2.43. The lowest BCUT2D eigenvalue weighted by Crippen LogP contribution is -2.06. The first-order chi connectivity index (χ1) is 10.1. The maximum atomic E-state index is 6.13. The third-order valence-electron chi connectivity index (χ3n) is 3.91. The van der Waals surface area contributed by atoms with Crippen molar-refractivity contribution in [2.24, 2.45) is 5.73 Å². The summed E-state index contributed by atoms with van der Waals surface area (Å²) >= 11 is 0. The molecule has 0 aliphatic heterocycles. The van der Waals surface area contributed by atoms with E-state index >= 15 is 0 Å². The Hall–Kier alpha value is -1.87. The molecule has 0 fully saturated rings. The van der Waals surface area contributed by atoms with Gasteiger partial charge in [0, 0.05) is 17.8 Å². The minimum atomic E-state index is 0.431. The average Bonchev–Trinajstić information content (AvgIpc) is 2.46. The van der Waals surface area contributed by atoms with E-state index in [9.17, 15) is 0 Å². The van der Waals surface area contributed by atoms with Crippen LogP contribution in [0.15, 0.2) is 30.3 Å². The molecule has 1 heterocycles. The highest BCUT2D eigenvalue weighted by molar-refractivity contribution is 5.42. The first kappa shape index (κ1) is 15.5. The van der Waals surface area contributed by atoms with E-state index in [0.717, 1.165) is 29.0 Å². The number of pyridine rings is 1. The minimum absolute atomic E-state index is 0.431. The molecule has 112 valence electrons. The highest BCUT2D eigenvalue weighted by atomic mass is 16.5. The number of nitrogens with zero attached hydrogens (tertiary/aromatic N) is 1. The van der Waals surface area contributed by atoms with Crippen LogP contribution in [0.5, 0.6) is 11.6 Å². The van der Waals surface area contributed by atoms with Crippen molar-refractivity contribution in [2.45, 2.75) is 46.6 Å². The van der Waals surface area contributed by atoms with Crippen LogP contribution in [0.2, 0.25) is 0 Å². The van der Waals surface area contributed by atoms with Crippen molar-refractivity contribution in [1.29, 1.82) is 0 Å². The number of para-hydroxylation sites is 1.